The average molecular weight is 205 g/mol. The first-order chi connectivity index (χ1) is 7.31. The molecule has 3 unspecified atom stereocenters. The molecule has 1 aliphatic carbocycles. The molecule has 2 rings (SSSR count). The Morgan fingerprint density at radius 1 is 1.40 bits per heavy atom. The Morgan fingerprint density at radius 3 is 2.93 bits per heavy atom. The van der Waals surface area contributed by atoms with Gasteiger partial charge in [0, 0.05) is 18.9 Å². The second-order valence-electron chi connectivity index (χ2n) is 4.78. The summed E-state index contributed by atoms with van der Waals surface area (Å²) in [4.78, 5) is 11.8. The fourth-order valence-electron chi connectivity index (χ4n) is 2.93. The Bertz CT molecular complexity index is 265. The quantitative estimate of drug-likeness (QED) is 0.713. The third-order valence-corrected chi connectivity index (χ3v) is 3.77. The minimum absolute atomic E-state index is 0.103. The van der Waals surface area contributed by atoms with E-state index in [0.29, 0.717) is 24.7 Å². The second-order valence-corrected chi connectivity index (χ2v) is 4.78. The first kappa shape index (κ1) is 10.7. The number of hydrogen-bond acceptors (Lipinski definition) is 2. The molecule has 15 heavy (non-hydrogen) atoms. The molecule has 0 amide bonds. The number of carbonyl (C=O) groups excluding carboxylic acids is 1. The van der Waals surface area contributed by atoms with Gasteiger partial charge in [-0.25, -0.2) is 0 Å². The van der Waals surface area contributed by atoms with E-state index in [2.05, 4.69) is 11.2 Å². The van der Waals surface area contributed by atoms with Crippen LogP contribution >= 0.6 is 0 Å². The van der Waals surface area contributed by atoms with Crippen molar-refractivity contribution in [3.05, 3.63) is 0 Å². The number of nitrogens with one attached hydrogen (secondary N) is 1. The smallest absolute Gasteiger partial charge is 0.150 e. The monoisotopic (exact) mass is 205 g/mol. The summed E-state index contributed by atoms with van der Waals surface area (Å²) in [7, 11) is 0. The van der Waals surface area contributed by atoms with Gasteiger partial charge in [-0.3, -0.25) is 4.79 Å². The molecule has 2 nitrogen and oxygen atoms in total. The predicted molar refractivity (Wildman–Crippen MR) is 60.4 cm³/mol. The molecule has 2 fully saturated rings. The van der Waals surface area contributed by atoms with E-state index in [1.165, 1.54) is 25.7 Å². The standard InChI is InChI=1S/C13H19NO/c1-2-3-8-13(15)12-9-10-6-4-5-7-11(10)14-12/h1,10-12,14H,3-9H2. The highest BCUT2D eigenvalue weighted by atomic mass is 16.1. The van der Waals surface area contributed by atoms with E-state index in [1.54, 1.807) is 0 Å². The van der Waals surface area contributed by atoms with Crippen LogP contribution in [0.5, 0.6) is 0 Å². The summed E-state index contributed by atoms with van der Waals surface area (Å²) in [5.74, 6) is 3.61. The van der Waals surface area contributed by atoms with Crippen molar-refractivity contribution in [1.82, 2.24) is 5.32 Å². The van der Waals surface area contributed by atoms with Crippen LogP contribution < -0.4 is 5.32 Å². The lowest BCUT2D eigenvalue weighted by Crippen LogP contribution is -2.37. The maximum Gasteiger partial charge on any atom is 0.150 e. The fraction of sp³-hybridized carbons (Fsp3) is 0.769. The number of terminal acetylenes is 1. The molecular weight excluding hydrogens is 186 g/mol. The van der Waals surface area contributed by atoms with E-state index in [-0.39, 0.29) is 6.04 Å². The third-order valence-electron chi connectivity index (χ3n) is 3.77. The number of ketones is 1. The van der Waals surface area contributed by atoms with Gasteiger partial charge in [-0.15, -0.1) is 12.3 Å². The SMILES string of the molecule is C#CCCC(=O)C1CC2CCCCC2N1. The van der Waals surface area contributed by atoms with Crippen LogP contribution in [0.15, 0.2) is 0 Å². The summed E-state index contributed by atoms with van der Waals surface area (Å²) in [5, 5.41) is 3.48. The molecule has 1 saturated carbocycles. The van der Waals surface area contributed by atoms with Gasteiger partial charge < -0.3 is 5.32 Å². The van der Waals surface area contributed by atoms with Gasteiger partial charge in [0.1, 0.15) is 0 Å². The van der Waals surface area contributed by atoms with Gasteiger partial charge in [0.15, 0.2) is 5.78 Å². The highest BCUT2D eigenvalue weighted by molar-refractivity contribution is 5.84. The van der Waals surface area contributed by atoms with Crippen LogP contribution in [0, 0.1) is 18.3 Å². The molecule has 1 saturated heterocycles. The van der Waals surface area contributed by atoms with Gasteiger partial charge in [-0.2, -0.15) is 0 Å². The minimum Gasteiger partial charge on any atom is -0.304 e. The Kier molecular flexibility index (Phi) is 3.43. The zero-order chi connectivity index (χ0) is 10.7. The molecule has 2 heteroatoms. The normalized spacial score (nSPS) is 34.5. The van der Waals surface area contributed by atoms with Crippen molar-refractivity contribution < 1.29 is 4.79 Å². The van der Waals surface area contributed by atoms with Crippen LogP contribution in [-0.2, 0) is 4.79 Å². The molecule has 1 aliphatic heterocycles. The summed E-state index contributed by atoms with van der Waals surface area (Å²) >= 11 is 0. The maximum atomic E-state index is 11.8. The van der Waals surface area contributed by atoms with Gasteiger partial charge in [-0.1, -0.05) is 12.8 Å². The van der Waals surface area contributed by atoms with Crippen molar-refractivity contribution in [3.8, 4) is 12.3 Å². The summed E-state index contributed by atoms with van der Waals surface area (Å²) < 4.78 is 0. The minimum atomic E-state index is 0.103. The lowest BCUT2D eigenvalue weighted by molar-refractivity contribution is -0.120. The number of hydrogen-bond donors (Lipinski definition) is 1. The van der Waals surface area contributed by atoms with E-state index in [9.17, 15) is 4.79 Å². The molecular formula is C13H19NO. The summed E-state index contributed by atoms with van der Waals surface area (Å²) in [6, 6.07) is 0.713. The van der Waals surface area contributed by atoms with Crippen LogP contribution in [0.3, 0.4) is 0 Å². The van der Waals surface area contributed by atoms with Gasteiger partial charge >= 0.3 is 0 Å². The highest BCUT2D eigenvalue weighted by Crippen LogP contribution is 2.33. The molecule has 82 valence electrons. The Hall–Kier alpha value is -0.810. The van der Waals surface area contributed by atoms with Gasteiger partial charge in [-0.05, 0) is 25.2 Å². The number of Topliss-reactive ketones (excluding diaryl/α,β-unsaturated/α-hetero) is 1. The van der Waals surface area contributed by atoms with Crippen molar-refractivity contribution in [2.45, 2.75) is 57.0 Å². The largest absolute Gasteiger partial charge is 0.304 e. The van der Waals surface area contributed by atoms with Crippen LogP contribution in [0.2, 0.25) is 0 Å². The lowest BCUT2D eigenvalue weighted by atomic mass is 9.84. The third kappa shape index (κ3) is 2.41. The van der Waals surface area contributed by atoms with Crippen LogP contribution in [0.1, 0.15) is 44.9 Å². The maximum absolute atomic E-state index is 11.8. The highest BCUT2D eigenvalue weighted by Gasteiger charge is 2.37. The van der Waals surface area contributed by atoms with Crippen molar-refractivity contribution in [1.29, 1.82) is 0 Å². The topological polar surface area (TPSA) is 29.1 Å². The molecule has 2 aliphatic rings. The van der Waals surface area contributed by atoms with Crippen molar-refractivity contribution in [2.24, 2.45) is 5.92 Å². The van der Waals surface area contributed by atoms with E-state index >= 15 is 0 Å². The summed E-state index contributed by atoms with van der Waals surface area (Å²) in [6.45, 7) is 0. The van der Waals surface area contributed by atoms with Gasteiger partial charge in [0.05, 0.1) is 6.04 Å². The van der Waals surface area contributed by atoms with Crippen LogP contribution in [0.25, 0.3) is 0 Å². The zero-order valence-electron chi connectivity index (χ0n) is 9.17. The second kappa shape index (κ2) is 4.81. The van der Waals surface area contributed by atoms with Gasteiger partial charge in [0.2, 0.25) is 0 Å². The van der Waals surface area contributed by atoms with E-state index in [0.717, 1.165) is 12.3 Å². The molecule has 0 bridgehead atoms. The summed E-state index contributed by atoms with van der Waals surface area (Å²) in [6.07, 6.45) is 12.6. The summed E-state index contributed by atoms with van der Waals surface area (Å²) in [5.41, 5.74) is 0. The van der Waals surface area contributed by atoms with Crippen molar-refractivity contribution >= 4 is 5.78 Å². The molecule has 0 aromatic carbocycles. The first-order valence-corrected chi connectivity index (χ1v) is 6.03. The Labute approximate surface area is 91.8 Å². The average Bonchev–Trinajstić information content (AvgIpc) is 2.69. The number of carbonyl (C=O) groups is 1. The lowest BCUT2D eigenvalue weighted by Gasteiger charge is -2.24. The zero-order valence-corrected chi connectivity index (χ0v) is 9.17. The molecule has 0 spiro atoms. The molecule has 0 aromatic heterocycles. The first-order valence-electron chi connectivity index (χ1n) is 6.03. The van der Waals surface area contributed by atoms with E-state index in [1.807, 2.05) is 0 Å². The van der Waals surface area contributed by atoms with E-state index in [4.69, 9.17) is 6.42 Å². The molecule has 0 aromatic rings. The van der Waals surface area contributed by atoms with Crippen LogP contribution in [0.4, 0.5) is 0 Å². The number of fused-ring (bicyclic) bond motifs is 1. The van der Waals surface area contributed by atoms with Crippen molar-refractivity contribution in [2.75, 3.05) is 0 Å². The predicted octanol–water partition coefficient (Wildman–Crippen LogP) is 1.89. The fourth-order valence-corrected chi connectivity index (χ4v) is 2.93. The Morgan fingerprint density at radius 2 is 2.20 bits per heavy atom. The molecule has 0 radical (unpaired) electrons. The van der Waals surface area contributed by atoms with Crippen LogP contribution in [-0.4, -0.2) is 17.9 Å². The van der Waals surface area contributed by atoms with Crippen molar-refractivity contribution in [3.63, 3.8) is 0 Å². The Balaban J connectivity index is 1.86. The molecule has 3 atom stereocenters. The van der Waals surface area contributed by atoms with Gasteiger partial charge in [0.25, 0.3) is 0 Å². The molecule has 1 N–H and O–H groups in total. The number of rotatable bonds is 3. The molecule has 1 heterocycles. The van der Waals surface area contributed by atoms with E-state index < -0.39 is 0 Å².